The van der Waals surface area contributed by atoms with E-state index >= 15 is 0 Å². The summed E-state index contributed by atoms with van der Waals surface area (Å²) >= 11 is 0. The fourth-order valence-corrected chi connectivity index (χ4v) is 2.85. The lowest BCUT2D eigenvalue weighted by molar-refractivity contribution is -0.137. The van der Waals surface area contributed by atoms with Crippen LogP contribution in [-0.4, -0.2) is 23.3 Å². The Morgan fingerprint density at radius 1 is 1.14 bits per heavy atom. The number of carbonyl (C=O) groups excluding carboxylic acids is 2. The lowest BCUT2D eigenvalue weighted by Crippen LogP contribution is -2.46. The van der Waals surface area contributed by atoms with Crippen LogP contribution in [0.4, 0.5) is 5.69 Å². The molecule has 6 nitrogen and oxygen atoms in total. The van der Waals surface area contributed by atoms with E-state index in [0.717, 1.165) is 6.29 Å². The number of Topliss-reactive ketones (excluding diaryl/α,β-unsaturated/α-hetero) is 1. The Balaban J connectivity index is 2.22. The fraction of sp³-hybridized carbons (Fsp3) is 0.364. The Morgan fingerprint density at radius 3 is 2.50 bits per heavy atom. The first-order valence-electron chi connectivity index (χ1n) is 8.93. The van der Waals surface area contributed by atoms with Crippen molar-refractivity contribution in [2.45, 2.75) is 45.8 Å². The van der Waals surface area contributed by atoms with Crippen molar-refractivity contribution in [3.05, 3.63) is 65.3 Å². The van der Waals surface area contributed by atoms with Gasteiger partial charge in [0.25, 0.3) is 0 Å². The number of aldehydes is 1. The second-order valence-electron chi connectivity index (χ2n) is 7.90. The molecule has 1 aliphatic rings. The molecule has 1 aromatic carbocycles. The number of allylic oxidation sites excluding steroid dienone is 5. The molecule has 1 aromatic rings. The molecule has 1 aliphatic carbocycles. The van der Waals surface area contributed by atoms with E-state index in [1.54, 1.807) is 83.2 Å². The maximum absolute atomic E-state index is 13.3. The molecule has 0 spiro atoms. The summed E-state index contributed by atoms with van der Waals surface area (Å²) in [5, 5.41) is 2.88. The van der Waals surface area contributed by atoms with Gasteiger partial charge in [-0.2, -0.15) is 0 Å². The summed E-state index contributed by atoms with van der Waals surface area (Å²) in [6, 6.07) is 6.35. The third-order valence-corrected chi connectivity index (χ3v) is 4.29. The molecule has 28 heavy (non-hydrogen) atoms. The van der Waals surface area contributed by atoms with E-state index in [-0.39, 0.29) is 11.5 Å². The molecular formula is C22H25NO5. The van der Waals surface area contributed by atoms with Crippen LogP contribution in [0, 0.1) is 10.3 Å². The average Bonchev–Trinajstić information content (AvgIpc) is 2.83. The molecule has 0 fully saturated rings. The Labute approximate surface area is 164 Å². The fourth-order valence-electron chi connectivity index (χ4n) is 2.85. The molecular weight excluding hydrogens is 358 g/mol. The number of hydrogen-bond donors (Lipinski definition) is 0. The van der Waals surface area contributed by atoms with E-state index < -0.39 is 16.6 Å². The third-order valence-electron chi connectivity index (χ3n) is 4.29. The zero-order valence-electron chi connectivity index (χ0n) is 16.8. The van der Waals surface area contributed by atoms with E-state index in [1.807, 2.05) is 0 Å². The van der Waals surface area contributed by atoms with Gasteiger partial charge in [0.1, 0.15) is 17.2 Å². The van der Waals surface area contributed by atoms with Gasteiger partial charge < -0.3 is 9.47 Å². The molecule has 0 amide bonds. The van der Waals surface area contributed by atoms with Crippen LogP contribution in [0.25, 0.3) is 0 Å². The highest BCUT2D eigenvalue weighted by molar-refractivity contribution is 5.95. The number of hydrogen-bond acceptors (Lipinski definition) is 6. The number of ether oxygens (including phenoxy) is 2. The van der Waals surface area contributed by atoms with Gasteiger partial charge in [0.15, 0.2) is 23.3 Å². The minimum absolute atomic E-state index is 0.179. The largest absolute Gasteiger partial charge is 0.480 e. The van der Waals surface area contributed by atoms with E-state index in [9.17, 15) is 14.5 Å². The highest BCUT2D eigenvalue weighted by Crippen LogP contribution is 2.34. The van der Waals surface area contributed by atoms with Gasteiger partial charge in [-0.05, 0) is 64.1 Å². The van der Waals surface area contributed by atoms with Crippen LogP contribution in [0.15, 0.2) is 65.6 Å². The molecule has 6 heteroatoms. The first-order chi connectivity index (χ1) is 13.0. The molecule has 0 aromatic heterocycles. The molecule has 0 saturated heterocycles. The number of nitroso groups, excluding NO2 is 1. The summed E-state index contributed by atoms with van der Waals surface area (Å²) in [5.74, 6) is 0.685. The second kappa shape index (κ2) is 7.92. The summed E-state index contributed by atoms with van der Waals surface area (Å²) in [6.07, 6.45) is 9.30. The van der Waals surface area contributed by atoms with Crippen molar-refractivity contribution in [2.24, 2.45) is 10.6 Å². The highest BCUT2D eigenvalue weighted by atomic mass is 16.5. The molecule has 1 atom stereocenters. The molecule has 0 bridgehead atoms. The zero-order valence-corrected chi connectivity index (χ0v) is 16.8. The lowest BCUT2D eigenvalue weighted by atomic mass is 9.78. The topological polar surface area (TPSA) is 82.0 Å². The quantitative estimate of drug-likeness (QED) is 0.475. The number of rotatable bonds is 8. The van der Waals surface area contributed by atoms with Gasteiger partial charge >= 0.3 is 0 Å². The average molecular weight is 383 g/mol. The molecule has 0 aliphatic heterocycles. The van der Waals surface area contributed by atoms with Gasteiger partial charge in [0.2, 0.25) is 0 Å². The Bertz CT molecular complexity index is 863. The van der Waals surface area contributed by atoms with Crippen molar-refractivity contribution in [1.82, 2.24) is 0 Å². The summed E-state index contributed by atoms with van der Waals surface area (Å²) in [4.78, 5) is 35.1. The SMILES string of the molecule is CC(C)(C=O)OC1=CC=CC(C)(C(=O)C(C)(C)Oc2cccc(N=O)c2)C=C1. The number of carbonyl (C=O) groups is 2. The summed E-state index contributed by atoms with van der Waals surface area (Å²) < 4.78 is 11.5. The van der Waals surface area contributed by atoms with E-state index in [2.05, 4.69) is 5.18 Å². The van der Waals surface area contributed by atoms with Gasteiger partial charge in [-0.15, -0.1) is 4.91 Å². The van der Waals surface area contributed by atoms with Gasteiger partial charge in [-0.3, -0.25) is 9.59 Å². The third kappa shape index (κ3) is 5.03. The normalized spacial score (nSPS) is 19.4. The maximum Gasteiger partial charge on any atom is 0.189 e. The minimum atomic E-state index is -1.17. The second-order valence-corrected chi connectivity index (χ2v) is 7.90. The van der Waals surface area contributed by atoms with Crippen molar-refractivity contribution in [3.63, 3.8) is 0 Å². The van der Waals surface area contributed by atoms with Crippen LogP contribution >= 0.6 is 0 Å². The summed E-state index contributed by atoms with van der Waals surface area (Å²) in [5.41, 5.74) is -2.85. The van der Waals surface area contributed by atoms with Crippen LogP contribution in [0.5, 0.6) is 5.75 Å². The van der Waals surface area contributed by atoms with Crippen LogP contribution < -0.4 is 4.74 Å². The number of benzene rings is 1. The van der Waals surface area contributed by atoms with Crippen molar-refractivity contribution in [1.29, 1.82) is 0 Å². The standard InChI is InChI=1S/C22H25NO5/c1-20(2,15-24)27-17-10-7-12-22(5,13-11-17)19(25)21(3,4)28-18-9-6-8-16(14-18)23-26/h6-15H,1-5H3. The van der Waals surface area contributed by atoms with Crippen LogP contribution in [-0.2, 0) is 14.3 Å². The Morgan fingerprint density at radius 2 is 1.86 bits per heavy atom. The van der Waals surface area contributed by atoms with Gasteiger partial charge in [0.05, 0.1) is 5.41 Å². The molecule has 0 radical (unpaired) electrons. The monoisotopic (exact) mass is 383 g/mol. The van der Waals surface area contributed by atoms with Crippen LogP contribution in [0.1, 0.15) is 34.6 Å². The van der Waals surface area contributed by atoms with Gasteiger partial charge in [0, 0.05) is 6.07 Å². The van der Waals surface area contributed by atoms with E-state index in [1.165, 1.54) is 6.07 Å². The van der Waals surface area contributed by atoms with Crippen molar-refractivity contribution in [2.75, 3.05) is 0 Å². The molecule has 148 valence electrons. The molecule has 0 N–H and O–H groups in total. The number of ketones is 1. The Hall–Kier alpha value is -3.02. The first kappa shape index (κ1) is 21.3. The van der Waals surface area contributed by atoms with E-state index in [4.69, 9.17) is 9.47 Å². The minimum Gasteiger partial charge on any atom is -0.480 e. The van der Waals surface area contributed by atoms with Crippen LogP contribution in [0.3, 0.4) is 0 Å². The number of nitrogens with zero attached hydrogens (tertiary/aromatic N) is 1. The predicted molar refractivity (Wildman–Crippen MR) is 107 cm³/mol. The molecule has 2 rings (SSSR count). The maximum atomic E-state index is 13.3. The van der Waals surface area contributed by atoms with Crippen molar-refractivity contribution in [3.8, 4) is 5.75 Å². The van der Waals surface area contributed by atoms with Gasteiger partial charge in [-0.25, -0.2) is 0 Å². The van der Waals surface area contributed by atoms with Gasteiger partial charge in [-0.1, -0.05) is 24.3 Å². The predicted octanol–water partition coefficient (Wildman–Crippen LogP) is 4.82. The molecule has 0 saturated carbocycles. The summed E-state index contributed by atoms with van der Waals surface area (Å²) in [7, 11) is 0. The molecule has 0 heterocycles. The van der Waals surface area contributed by atoms with Crippen molar-refractivity contribution < 1.29 is 19.1 Å². The zero-order chi connectivity index (χ0) is 21.0. The highest BCUT2D eigenvalue weighted by Gasteiger charge is 2.41. The lowest BCUT2D eigenvalue weighted by Gasteiger charge is -2.32. The van der Waals surface area contributed by atoms with Crippen molar-refractivity contribution >= 4 is 17.8 Å². The Kier molecular flexibility index (Phi) is 6.02. The van der Waals surface area contributed by atoms with E-state index in [0.29, 0.717) is 11.5 Å². The first-order valence-corrected chi connectivity index (χ1v) is 8.93. The molecule has 1 unspecified atom stereocenters. The summed E-state index contributed by atoms with van der Waals surface area (Å²) in [6.45, 7) is 8.45. The smallest absolute Gasteiger partial charge is 0.189 e. The van der Waals surface area contributed by atoms with Crippen LogP contribution in [0.2, 0.25) is 0 Å².